The number of benzene rings is 2. The zero-order chi connectivity index (χ0) is 24.9. The van der Waals surface area contributed by atoms with Crippen molar-refractivity contribution in [2.75, 3.05) is 33.8 Å². The summed E-state index contributed by atoms with van der Waals surface area (Å²) >= 11 is 0. The molecular formula is C27H33N3O5. The first-order valence-electron chi connectivity index (χ1n) is 12.1. The maximum atomic E-state index is 13.3. The van der Waals surface area contributed by atoms with Gasteiger partial charge in [-0.1, -0.05) is 48.5 Å². The smallest absolute Gasteiger partial charge is 0.407 e. The number of rotatable bonds is 9. The van der Waals surface area contributed by atoms with Crippen molar-refractivity contribution in [2.45, 2.75) is 43.7 Å². The minimum atomic E-state index is -0.870. The van der Waals surface area contributed by atoms with Crippen LogP contribution in [0.1, 0.15) is 42.7 Å². The fourth-order valence-electron chi connectivity index (χ4n) is 5.25. The number of carbonyl (C=O) groups excluding carboxylic acids is 2. The number of amides is 2. The lowest BCUT2D eigenvalue weighted by Crippen LogP contribution is -2.54. The molecule has 0 saturated carbocycles. The summed E-state index contributed by atoms with van der Waals surface area (Å²) < 4.78 is 5.65. The first kappa shape index (κ1) is 24.7. The number of fused-ring (bicyclic) bond motifs is 3. The molecule has 1 aliphatic carbocycles. The van der Waals surface area contributed by atoms with Crippen molar-refractivity contribution in [3.63, 3.8) is 0 Å². The monoisotopic (exact) mass is 479 g/mol. The number of likely N-dealkylation sites (N-methyl/N-ethyl adjacent to an activating group) is 1. The van der Waals surface area contributed by atoms with E-state index >= 15 is 0 Å². The van der Waals surface area contributed by atoms with Crippen LogP contribution >= 0.6 is 0 Å². The molecule has 2 aromatic rings. The Labute approximate surface area is 205 Å². The molecule has 4 rings (SSSR count). The van der Waals surface area contributed by atoms with Gasteiger partial charge in [0.25, 0.3) is 0 Å². The molecule has 186 valence electrons. The van der Waals surface area contributed by atoms with Crippen molar-refractivity contribution in [1.29, 1.82) is 0 Å². The van der Waals surface area contributed by atoms with Gasteiger partial charge in [-0.2, -0.15) is 0 Å². The van der Waals surface area contributed by atoms with E-state index in [4.69, 9.17) is 9.84 Å². The van der Waals surface area contributed by atoms with Gasteiger partial charge >= 0.3 is 12.1 Å². The number of aliphatic carboxylic acids is 1. The molecule has 0 aromatic heterocycles. The van der Waals surface area contributed by atoms with Gasteiger partial charge in [-0.15, -0.1) is 0 Å². The Bertz CT molecular complexity index is 1040. The van der Waals surface area contributed by atoms with E-state index in [2.05, 4.69) is 29.6 Å². The number of carbonyl (C=O) groups is 3. The first-order chi connectivity index (χ1) is 16.8. The van der Waals surface area contributed by atoms with Gasteiger partial charge in [-0.3, -0.25) is 9.59 Å². The lowest BCUT2D eigenvalue weighted by Gasteiger charge is -2.30. The number of ether oxygens (including phenoxy) is 1. The van der Waals surface area contributed by atoms with Gasteiger partial charge in [-0.25, -0.2) is 4.79 Å². The zero-order valence-electron chi connectivity index (χ0n) is 20.3. The van der Waals surface area contributed by atoms with Crippen LogP contribution in [-0.4, -0.2) is 78.8 Å². The number of carboxylic acids is 1. The van der Waals surface area contributed by atoms with Gasteiger partial charge < -0.3 is 25.0 Å². The average molecular weight is 480 g/mol. The number of nitrogens with zero attached hydrogens (tertiary/aromatic N) is 2. The van der Waals surface area contributed by atoms with Crippen LogP contribution in [0.5, 0.6) is 0 Å². The van der Waals surface area contributed by atoms with E-state index in [0.717, 1.165) is 35.1 Å². The summed E-state index contributed by atoms with van der Waals surface area (Å²) in [6.45, 7) is 1.07. The third-order valence-electron chi connectivity index (χ3n) is 6.83. The lowest BCUT2D eigenvalue weighted by molar-refractivity contribution is -0.139. The Morgan fingerprint density at radius 3 is 2.31 bits per heavy atom. The zero-order valence-corrected chi connectivity index (χ0v) is 20.3. The van der Waals surface area contributed by atoms with Crippen LogP contribution in [0.2, 0.25) is 0 Å². The molecule has 1 fully saturated rings. The Kier molecular flexibility index (Phi) is 7.70. The number of carboxylic acid groups (broad SMARTS) is 1. The average Bonchev–Trinajstić information content (AvgIpc) is 3.43. The minimum absolute atomic E-state index is 0.0204. The third-order valence-corrected chi connectivity index (χ3v) is 6.83. The number of hydrogen-bond donors (Lipinski definition) is 2. The second kappa shape index (κ2) is 10.9. The van der Waals surface area contributed by atoms with Crippen LogP contribution in [0.3, 0.4) is 0 Å². The van der Waals surface area contributed by atoms with Crippen LogP contribution in [0, 0.1) is 0 Å². The topological polar surface area (TPSA) is 99.2 Å². The van der Waals surface area contributed by atoms with E-state index in [9.17, 15) is 14.4 Å². The molecule has 0 spiro atoms. The summed E-state index contributed by atoms with van der Waals surface area (Å²) in [4.78, 5) is 40.7. The van der Waals surface area contributed by atoms with Crippen molar-refractivity contribution >= 4 is 18.0 Å². The van der Waals surface area contributed by atoms with Gasteiger partial charge in [0.1, 0.15) is 12.6 Å². The highest BCUT2D eigenvalue weighted by Gasteiger charge is 2.35. The first-order valence-corrected chi connectivity index (χ1v) is 12.1. The molecule has 8 heteroatoms. The molecule has 2 aliphatic rings. The van der Waals surface area contributed by atoms with E-state index in [1.54, 1.807) is 4.90 Å². The maximum Gasteiger partial charge on any atom is 0.407 e. The number of likely N-dealkylation sites (tertiary alicyclic amines) is 1. The van der Waals surface area contributed by atoms with Crippen molar-refractivity contribution in [3.8, 4) is 11.1 Å². The molecule has 2 atom stereocenters. The summed E-state index contributed by atoms with van der Waals surface area (Å²) in [6.07, 6.45) is 1.41. The summed E-state index contributed by atoms with van der Waals surface area (Å²) in [7, 11) is 3.68. The SMILES string of the molecule is CN(C)C[C@H](NC(=O)OCC1c2ccccc2-c2ccccc21)C(=O)N1CCCC1CCC(=O)O. The van der Waals surface area contributed by atoms with E-state index in [1.807, 2.05) is 43.3 Å². The van der Waals surface area contributed by atoms with Crippen LogP contribution in [-0.2, 0) is 14.3 Å². The van der Waals surface area contributed by atoms with Crippen molar-refractivity contribution in [1.82, 2.24) is 15.1 Å². The maximum absolute atomic E-state index is 13.3. The molecule has 0 radical (unpaired) electrons. The molecule has 2 amide bonds. The molecule has 2 N–H and O–H groups in total. The minimum Gasteiger partial charge on any atom is -0.481 e. The Balaban J connectivity index is 1.41. The fourth-order valence-corrected chi connectivity index (χ4v) is 5.25. The molecule has 8 nitrogen and oxygen atoms in total. The van der Waals surface area contributed by atoms with E-state index < -0.39 is 18.1 Å². The van der Waals surface area contributed by atoms with Gasteiger partial charge in [0.15, 0.2) is 0 Å². The third kappa shape index (κ3) is 5.65. The summed E-state index contributed by atoms with van der Waals surface area (Å²) in [6, 6.07) is 15.4. The molecule has 1 saturated heterocycles. The largest absolute Gasteiger partial charge is 0.481 e. The second-order valence-electron chi connectivity index (χ2n) is 9.54. The van der Waals surface area contributed by atoms with Crippen molar-refractivity contribution in [3.05, 3.63) is 59.7 Å². The van der Waals surface area contributed by atoms with Gasteiger partial charge in [0.05, 0.1) is 0 Å². The standard InChI is InChI=1S/C27H33N3O5/c1-29(2)16-24(26(33)30-15-7-8-18(30)13-14-25(31)32)28-27(34)35-17-23-21-11-5-3-9-19(21)20-10-4-6-12-22(20)23/h3-6,9-12,18,23-24H,7-8,13-17H2,1-2H3,(H,28,34)(H,31,32)/t18?,24-/m0/s1. The Morgan fingerprint density at radius 2 is 1.71 bits per heavy atom. The highest BCUT2D eigenvalue weighted by atomic mass is 16.5. The molecule has 1 aliphatic heterocycles. The molecule has 2 aromatic carbocycles. The van der Waals surface area contributed by atoms with Crippen LogP contribution < -0.4 is 5.32 Å². The van der Waals surface area contributed by atoms with Crippen LogP contribution in [0.4, 0.5) is 4.79 Å². The second-order valence-corrected chi connectivity index (χ2v) is 9.54. The summed E-state index contributed by atoms with van der Waals surface area (Å²) in [5.41, 5.74) is 4.56. The lowest BCUT2D eigenvalue weighted by atomic mass is 9.98. The van der Waals surface area contributed by atoms with Gasteiger partial charge in [0.2, 0.25) is 5.91 Å². The molecule has 1 unspecified atom stereocenters. The number of nitrogens with one attached hydrogen (secondary N) is 1. The number of hydrogen-bond acceptors (Lipinski definition) is 5. The Morgan fingerprint density at radius 1 is 1.09 bits per heavy atom. The van der Waals surface area contributed by atoms with E-state index in [1.165, 1.54) is 0 Å². The number of alkyl carbamates (subject to hydrolysis) is 1. The highest BCUT2D eigenvalue weighted by molar-refractivity contribution is 5.86. The predicted molar refractivity (Wildman–Crippen MR) is 132 cm³/mol. The van der Waals surface area contributed by atoms with Crippen molar-refractivity contribution in [2.24, 2.45) is 0 Å². The highest BCUT2D eigenvalue weighted by Crippen LogP contribution is 2.44. The Hall–Kier alpha value is -3.39. The summed E-state index contributed by atoms with van der Waals surface area (Å²) in [5, 5.41) is 11.8. The fraction of sp³-hybridized carbons (Fsp3) is 0.444. The van der Waals surface area contributed by atoms with Crippen LogP contribution in [0.25, 0.3) is 11.1 Å². The van der Waals surface area contributed by atoms with Gasteiger partial charge in [-0.05, 0) is 55.6 Å². The summed E-state index contributed by atoms with van der Waals surface area (Å²) in [5.74, 6) is -1.12. The van der Waals surface area contributed by atoms with E-state index in [0.29, 0.717) is 19.5 Å². The van der Waals surface area contributed by atoms with Gasteiger partial charge in [0, 0.05) is 31.5 Å². The predicted octanol–water partition coefficient (Wildman–Crippen LogP) is 3.31. The van der Waals surface area contributed by atoms with E-state index in [-0.39, 0.29) is 30.9 Å². The quantitative estimate of drug-likeness (QED) is 0.573. The van der Waals surface area contributed by atoms with Crippen molar-refractivity contribution < 1.29 is 24.2 Å². The molecule has 1 heterocycles. The van der Waals surface area contributed by atoms with Crippen LogP contribution in [0.15, 0.2) is 48.5 Å². The molecular weight excluding hydrogens is 446 g/mol. The normalized spacial score (nSPS) is 17.7. The molecule has 0 bridgehead atoms. The molecule has 35 heavy (non-hydrogen) atoms.